The maximum Gasteiger partial charge on any atom is 0.261 e. The van der Waals surface area contributed by atoms with E-state index in [-0.39, 0.29) is 64.4 Å². The van der Waals surface area contributed by atoms with Gasteiger partial charge in [-0.2, -0.15) is 5.10 Å². The fourth-order valence-electron chi connectivity index (χ4n) is 6.21. The molecule has 3 aromatic rings. The number of rotatable bonds is 10. The van der Waals surface area contributed by atoms with E-state index in [1.807, 2.05) is 9.80 Å². The molecule has 0 spiro atoms. The number of carbonyl (C=O) groups excluding carboxylic acids is 2. The predicted molar refractivity (Wildman–Crippen MR) is 157 cm³/mol. The van der Waals surface area contributed by atoms with E-state index in [9.17, 15) is 14.0 Å². The topological polar surface area (TPSA) is 95.8 Å². The first-order chi connectivity index (χ1) is 21.0. The van der Waals surface area contributed by atoms with Crippen molar-refractivity contribution in [3.8, 4) is 0 Å². The van der Waals surface area contributed by atoms with Crippen molar-refractivity contribution in [2.75, 3.05) is 56.7 Å². The van der Waals surface area contributed by atoms with E-state index in [1.165, 1.54) is 36.1 Å². The maximum absolute atomic E-state index is 16.5. The van der Waals surface area contributed by atoms with Gasteiger partial charge in [0, 0.05) is 69.1 Å². The Morgan fingerprint density at radius 2 is 1.98 bits per heavy atom. The number of carbonyl (C=O) groups is 2. The molecule has 1 aromatic carbocycles. The predicted octanol–water partition coefficient (Wildman–Crippen LogP) is 3.59. The average Bonchev–Trinajstić information content (AvgIpc) is 3.74. The first-order valence-electron chi connectivity index (χ1n) is 14.4. The molecule has 44 heavy (non-hydrogen) atoms. The Labute approximate surface area is 257 Å². The lowest BCUT2D eigenvalue weighted by molar-refractivity contribution is -0.134. The molecule has 1 atom stereocenters. The lowest BCUT2D eigenvalue weighted by Crippen LogP contribution is -2.58. The van der Waals surface area contributed by atoms with Gasteiger partial charge < -0.3 is 15.0 Å². The molecule has 1 N–H and O–H groups in total. The lowest BCUT2D eigenvalue weighted by Gasteiger charge is -2.42. The van der Waals surface area contributed by atoms with Crippen molar-refractivity contribution in [1.29, 1.82) is 0 Å². The van der Waals surface area contributed by atoms with Crippen molar-refractivity contribution < 1.29 is 27.5 Å². The molecule has 2 fully saturated rings. The molecule has 234 valence electrons. The van der Waals surface area contributed by atoms with Gasteiger partial charge in [0.15, 0.2) is 23.3 Å². The molecule has 1 saturated heterocycles. The Morgan fingerprint density at radius 1 is 1.23 bits per heavy atom. The molecule has 0 bridgehead atoms. The number of hydrogen-bond donors (Lipinski definition) is 1. The molecule has 4 heterocycles. The van der Waals surface area contributed by atoms with Crippen LogP contribution in [0.15, 0.2) is 30.6 Å². The van der Waals surface area contributed by atoms with E-state index in [4.69, 9.17) is 16.3 Å². The van der Waals surface area contributed by atoms with Crippen LogP contribution >= 0.6 is 11.6 Å². The summed E-state index contributed by atoms with van der Waals surface area (Å²) in [6, 6.07) is 4.45. The van der Waals surface area contributed by atoms with E-state index < -0.39 is 28.8 Å². The van der Waals surface area contributed by atoms with Crippen molar-refractivity contribution in [3.05, 3.63) is 69.8 Å². The number of amides is 2. The Hall–Kier alpha value is -3.68. The van der Waals surface area contributed by atoms with E-state index in [2.05, 4.69) is 15.4 Å². The van der Waals surface area contributed by atoms with Gasteiger partial charge in [-0.05, 0) is 25.8 Å². The minimum absolute atomic E-state index is 0.0350. The summed E-state index contributed by atoms with van der Waals surface area (Å²) in [5, 5.41) is 7.00. The minimum atomic E-state index is -1.49. The summed E-state index contributed by atoms with van der Waals surface area (Å²) in [6.45, 7) is 3.53. The highest BCUT2D eigenvalue weighted by molar-refractivity contribution is 6.30. The van der Waals surface area contributed by atoms with Crippen molar-refractivity contribution in [2.24, 2.45) is 7.05 Å². The van der Waals surface area contributed by atoms with Crippen LogP contribution in [-0.2, 0) is 22.0 Å². The summed E-state index contributed by atoms with van der Waals surface area (Å²) >= 11 is 6.13. The first kappa shape index (κ1) is 30.4. The fourth-order valence-corrected chi connectivity index (χ4v) is 6.38. The lowest BCUT2D eigenvalue weighted by atomic mass is 9.71. The number of aryl methyl sites for hydroxylation is 1. The second-order valence-electron chi connectivity index (χ2n) is 11.9. The number of hydrogen-bond acceptors (Lipinski definition) is 7. The van der Waals surface area contributed by atoms with Crippen molar-refractivity contribution in [1.82, 2.24) is 24.6 Å². The standard InChI is InChI=1S/C30H33ClF3N7O3/c1-30(20-5-4-6-21(31)25(20)33)16-41(28-22(32)14-38(2)37-28)29(43)19-11-35-27(26(34)24(19)30)36-17-12-39(13-17)15-23(42)40(9-10-44-3)18-7-8-18/h4-6,11,14,17-18H,7-10,12-13,15-16H2,1-3H3,(H,35,36)/t30-/m1/s1. The minimum Gasteiger partial charge on any atom is -0.383 e. The number of benzene rings is 1. The molecule has 6 rings (SSSR count). The Bertz CT molecular complexity index is 1610. The van der Waals surface area contributed by atoms with Crippen molar-refractivity contribution in [2.45, 2.75) is 37.3 Å². The maximum atomic E-state index is 16.5. The monoisotopic (exact) mass is 631 g/mol. The second kappa shape index (κ2) is 11.7. The van der Waals surface area contributed by atoms with Crippen LogP contribution in [0.4, 0.5) is 24.8 Å². The molecule has 1 aliphatic carbocycles. The molecule has 2 aliphatic heterocycles. The number of nitrogens with one attached hydrogen (secondary N) is 1. The number of halogens is 4. The molecular weight excluding hydrogens is 599 g/mol. The van der Waals surface area contributed by atoms with Gasteiger partial charge in [-0.25, -0.2) is 18.2 Å². The van der Waals surface area contributed by atoms with Gasteiger partial charge in [0.05, 0.1) is 36.0 Å². The third kappa shape index (κ3) is 5.41. The van der Waals surface area contributed by atoms with Crippen LogP contribution in [0.5, 0.6) is 0 Å². The SMILES string of the molecule is COCCN(C(=O)CN1CC(Nc2ncc3c(c2F)[C@@](C)(c2cccc(Cl)c2F)CN(c2nn(C)cc2F)C3=O)C1)C1CC1. The number of methoxy groups -OCH3 is 1. The molecule has 2 amide bonds. The highest BCUT2D eigenvalue weighted by Gasteiger charge is 2.47. The van der Waals surface area contributed by atoms with Gasteiger partial charge in [-0.15, -0.1) is 0 Å². The van der Waals surface area contributed by atoms with Crippen molar-refractivity contribution >= 4 is 35.1 Å². The van der Waals surface area contributed by atoms with Crippen LogP contribution in [0, 0.1) is 17.5 Å². The van der Waals surface area contributed by atoms with E-state index in [1.54, 1.807) is 14.0 Å². The number of ether oxygens (including phenoxy) is 1. The van der Waals surface area contributed by atoms with Gasteiger partial charge in [-0.1, -0.05) is 23.7 Å². The highest BCUT2D eigenvalue weighted by Crippen LogP contribution is 2.45. The van der Waals surface area contributed by atoms with Crippen molar-refractivity contribution in [3.63, 3.8) is 0 Å². The highest BCUT2D eigenvalue weighted by atomic mass is 35.5. The number of fused-ring (bicyclic) bond motifs is 1. The number of pyridine rings is 1. The van der Waals surface area contributed by atoms with E-state index >= 15 is 8.78 Å². The van der Waals surface area contributed by atoms with Gasteiger partial charge in [-0.3, -0.25) is 24.1 Å². The van der Waals surface area contributed by atoms with Gasteiger partial charge in [0.2, 0.25) is 5.91 Å². The summed E-state index contributed by atoms with van der Waals surface area (Å²) in [7, 11) is 3.11. The zero-order chi connectivity index (χ0) is 31.3. The number of anilines is 2. The zero-order valence-corrected chi connectivity index (χ0v) is 25.4. The molecule has 0 radical (unpaired) electrons. The molecule has 3 aliphatic rings. The number of nitrogens with zero attached hydrogens (tertiary/aromatic N) is 6. The first-order valence-corrected chi connectivity index (χ1v) is 14.8. The molecule has 1 saturated carbocycles. The number of aromatic nitrogens is 3. The third-order valence-corrected chi connectivity index (χ3v) is 8.88. The smallest absolute Gasteiger partial charge is 0.261 e. The molecule has 10 nitrogen and oxygen atoms in total. The van der Waals surface area contributed by atoms with Crippen LogP contribution in [0.25, 0.3) is 0 Å². The second-order valence-corrected chi connectivity index (χ2v) is 12.3. The van der Waals surface area contributed by atoms with Gasteiger partial charge >= 0.3 is 0 Å². The van der Waals surface area contributed by atoms with Crippen LogP contribution in [0.1, 0.15) is 41.3 Å². The fraction of sp³-hybridized carbons (Fsp3) is 0.467. The molecule has 2 aromatic heterocycles. The Morgan fingerprint density at radius 3 is 2.64 bits per heavy atom. The van der Waals surface area contributed by atoms with Crippen LogP contribution in [-0.4, -0.2) is 94.9 Å². The molecule has 14 heteroatoms. The quantitative estimate of drug-likeness (QED) is 0.366. The van der Waals surface area contributed by atoms with Gasteiger partial charge in [0.1, 0.15) is 5.82 Å². The summed E-state index contributed by atoms with van der Waals surface area (Å²) in [4.78, 5) is 35.6. The van der Waals surface area contributed by atoms with Crippen LogP contribution in [0.3, 0.4) is 0 Å². The number of likely N-dealkylation sites (tertiary alicyclic amines) is 1. The summed E-state index contributed by atoms with van der Waals surface area (Å²) in [5.41, 5.74) is -1.65. The van der Waals surface area contributed by atoms with Crippen LogP contribution < -0.4 is 10.2 Å². The van der Waals surface area contributed by atoms with E-state index in [0.717, 1.165) is 23.9 Å². The Balaban J connectivity index is 1.27. The summed E-state index contributed by atoms with van der Waals surface area (Å²) in [5.74, 6) is -3.37. The van der Waals surface area contributed by atoms with E-state index in [0.29, 0.717) is 26.2 Å². The zero-order valence-electron chi connectivity index (χ0n) is 24.6. The Kier molecular flexibility index (Phi) is 8.05. The molecular formula is C30H33ClF3N7O3. The summed E-state index contributed by atoms with van der Waals surface area (Å²) in [6.07, 6.45) is 4.33. The normalized spacial score (nSPS) is 20.4. The largest absolute Gasteiger partial charge is 0.383 e. The summed E-state index contributed by atoms with van der Waals surface area (Å²) < 4.78 is 53.2. The molecule has 0 unspecified atom stereocenters. The average molecular weight is 632 g/mol. The van der Waals surface area contributed by atoms with Crippen LogP contribution in [0.2, 0.25) is 5.02 Å². The third-order valence-electron chi connectivity index (χ3n) is 8.59. The van der Waals surface area contributed by atoms with Gasteiger partial charge in [0.25, 0.3) is 5.91 Å².